The minimum absolute atomic E-state index is 0.0551. The number of amidine groups is 1. The van der Waals surface area contributed by atoms with E-state index in [2.05, 4.69) is 9.98 Å². The Kier molecular flexibility index (Phi) is 4.96. The minimum Gasteiger partial charge on any atom is -0.462 e. The number of alkyl halides is 2. The van der Waals surface area contributed by atoms with Gasteiger partial charge in [-0.05, 0) is 34.4 Å². The zero-order chi connectivity index (χ0) is 20.4. The van der Waals surface area contributed by atoms with Crippen molar-refractivity contribution in [2.24, 2.45) is 10.7 Å². The van der Waals surface area contributed by atoms with Crippen LogP contribution in [0.1, 0.15) is 16.7 Å². The van der Waals surface area contributed by atoms with Crippen molar-refractivity contribution in [3.05, 3.63) is 89.5 Å². The van der Waals surface area contributed by atoms with E-state index in [1.54, 1.807) is 30.5 Å². The molecule has 1 aliphatic rings. The molecule has 3 aromatic rings. The predicted molar refractivity (Wildman–Crippen MR) is 104 cm³/mol. The van der Waals surface area contributed by atoms with Crippen LogP contribution in [0.3, 0.4) is 0 Å². The maximum atomic E-state index is 13.6. The molecule has 0 radical (unpaired) electrons. The van der Waals surface area contributed by atoms with Gasteiger partial charge in [-0.15, -0.1) is 0 Å². The second-order valence-electron chi connectivity index (χ2n) is 6.86. The molecule has 7 heteroatoms. The molecule has 1 atom stereocenters. The Bertz CT molecular complexity index is 1050. The van der Waals surface area contributed by atoms with E-state index in [-0.39, 0.29) is 19.0 Å². The van der Waals surface area contributed by atoms with Crippen LogP contribution in [-0.2, 0) is 16.7 Å². The van der Waals surface area contributed by atoms with Crippen LogP contribution in [0.15, 0.2) is 72.0 Å². The summed E-state index contributed by atoms with van der Waals surface area (Å²) in [5, 5.41) is 0. The van der Waals surface area contributed by atoms with E-state index in [1.165, 1.54) is 6.07 Å². The van der Waals surface area contributed by atoms with Gasteiger partial charge >= 0.3 is 0 Å². The van der Waals surface area contributed by atoms with E-state index >= 15 is 0 Å². The molecule has 4 nitrogen and oxygen atoms in total. The van der Waals surface area contributed by atoms with Crippen molar-refractivity contribution < 1.29 is 17.9 Å². The Morgan fingerprint density at radius 3 is 2.45 bits per heavy atom. The third-order valence-electron chi connectivity index (χ3n) is 4.93. The number of aliphatic imine (C=N–C) groups is 1. The maximum Gasteiger partial charge on any atom is 0.283 e. The van der Waals surface area contributed by atoms with Crippen molar-refractivity contribution in [2.75, 3.05) is 6.61 Å². The molecular weight excluding hydrogens is 379 g/mol. The van der Waals surface area contributed by atoms with Gasteiger partial charge in [0.25, 0.3) is 6.02 Å². The lowest BCUT2D eigenvalue weighted by molar-refractivity contribution is 0.149. The molecule has 0 aliphatic carbocycles. The molecule has 0 saturated heterocycles. The van der Waals surface area contributed by atoms with Gasteiger partial charge in [0.05, 0.1) is 6.20 Å². The minimum atomic E-state index is -2.41. The molecule has 0 amide bonds. The Morgan fingerprint density at radius 2 is 1.79 bits per heavy atom. The van der Waals surface area contributed by atoms with Crippen LogP contribution in [0.2, 0.25) is 0 Å². The fourth-order valence-corrected chi connectivity index (χ4v) is 3.51. The third-order valence-corrected chi connectivity index (χ3v) is 4.93. The summed E-state index contributed by atoms with van der Waals surface area (Å²) in [5.74, 6) is -0.427. The number of benzene rings is 2. The SMILES string of the molecule is NC1=NC(c2ccc(CC(F)F)cc2)(c2cccc(-c3cncc(F)c3)c2)CO1. The third kappa shape index (κ3) is 3.81. The van der Waals surface area contributed by atoms with Gasteiger partial charge in [0.1, 0.15) is 12.4 Å². The average molecular weight is 397 g/mol. The topological polar surface area (TPSA) is 60.5 Å². The largest absolute Gasteiger partial charge is 0.462 e. The Morgan fingerprint density at radius 1 is 1.00 bits per heavy atom. The van der Waals surface area contributed by atoms with Crippen molar-refractivity contribution >= 4 is 6.02 Å². The molecular formula is C22H18F3N3O. The van der Waals surface area contributed by atoms with Crippen LogP contribution in [0.4, 0.5) is 13.2 Å². The lowest BCUT2D eigenvalue weighted by Crippen LogP contribution is -2.27. The zero-order valence-corrected chi connectivity index (χ0v) is 15.4. The lowest BCUT2D eigenvalue weighted by Gasteiger charge is -2.26. The Hall–Kier alpha value is -3.35. The van der Waals surface area contributed by atoms with E-state index in [4.69, 9.17) is 10.5 Å². The first kappa shape index (κ1) is 19.0. The normalized spacial score (nSPS) is 18.6. The van der Waals surface area contributed by atoms with Crippen LogP contribution in [0.5, 0.6) is 0 Å². The van der Waals surface area contributed by atoms with Crippen LogP contribution in [0.25, 0.3) is 11.1 Å². The van der Waals surface area contributed by atoms with Crippen LogP contribution >= 0.6 is 0 Å². The highest BCUT2D eigenvalue weighted by atomic mass is 19.3. The summed E-state index contributed by atoms with van der Waals surface area (Å²) in [6.07, 6.45) is 0.00874. The summed E-state index contributed by atoms with van der Waals surface area (Å²) in [6, 6.07) is 15.8. The molecule has 0 saturated carbocycles. The predicted octanol–water partition coefficient (Wildman–Crippen LogP) is 4.28. The number of hydrogen-bond donors (Lipinski definition) is 1. The van der Waals surface area contributed by atoms with Crippen LogP contribution in [-0.4, -0.2) is 24.0 Å². The molecule has 0 fully saturated rings. The number of aromatic nitrogens is 1. The fourth-order valence-electron chi connectivity index (χ4n) is 3.51. The Balaban J connectivity index is 1.77. The molecule has 2 N–H and O–H groups in total. The second kappa shape index (κ2) is 7.58. The molecule has 1 unspecified atom stereocenters. The van der Waals surface area contributed by atoms with Gasteiger partial charge in [0.15, 0.2) is 5.54 Å². The van der Waals surface area contributed by atoms with Gasteiger partial charge in [0.2, 0.25) is 6.43 Å². The van der Waals surface area contributed by atoms with Crippen molar-refractivity contribution in [1.29, 1.82) is 0 Å². The van der Waals surface area contributed by atoms with Crippen molar-refractivity contribution in [3.8, 4) is 11.1 Å². The maximum absolute atomic E-state index is 13.6. The summed E-state index contributed by atoms with van der Waals surface area (Å²) in [6.45, 7) is 0.178. The first-order valence-corrected chi connectivity index (χ1v) is 9.03. The first-order chi connectivity index (χ1) is 14.0. The van der Waals surface area contributed by atoms with Crippen molar-refractivity contribution in [3.63, 3.8) is 0 Å². The number of rotatable bonds is 5. The van der Waals surface area contributed by atoms with E-state index in [9.17, 15) is 13.2 Å². The molecule has 1 aliphatic heterocycles. The van der Waals surface area contributed by atoms with Gasteiger partial charge in [-0.3, -0.25) is 4.98 Å². The van der Waals surface area contributed by atoms with Gasteiger partial charge in [-0.2, -0.15) is 0 Å². The highest BCUT2D eigenvalue weighted by Crippen LogP contribution is 2.39. The number of nitrogens with two attached hydrogens (primary N) is 1. The number of halogens is 3. The second-order valence-corrected chi connectivity index (χ2v) is 6.86. The molecule has 2 aromatic carbocycles. The van der Waals surface area contributed by atoms with E-state index in [1.807, 2.05) is 24.3 Å². The van der Waals surface area contributed by atoms with Gasteiger partial charge < -0.3 is 10.5 Å². The van der Waals surface area contributed by atoms with E-state index in [0.29, 0.717) is 11.1 Å². The summed E-state index contributed by atoms with van der Waals surface area (Å²) < 4.78 is 44.4. The molecule has 4 rings (SSSR count). The van der Waals surface area contributed by atoms with Crippen LogP contribution < -0.4 is 5.73 Å². The molecule has 2 heterocycles. The van der Waals surface area contributed by atoms with Crippen LogP contribution in [0, 0.1) is 5.82 Å². The first-order valence-electron chi connectivity index (χ1n) is 9.03. The number of pyridine rings is 1. The smallest absolute Gasteiger partial charge is 0.283 e. The van der Waals surface area contributed by atoms with Gasteiger partial charge in [0, 0.05) is 18.2 Å². The van der Waals surface area contributed by atoms with E-state index < -0.39 is 17.8 Å². The van der Waals surface area contributed by atoms with Crippen molar-refractivity contribution in [1.82, 2.24) is 4.98 Å². The molecule has 148 valence electrons. The number of ether oxygens (including phenoxy) is 1. The van der Waals surface area contributed by atoms with Gasteiger partial charge in [-0.1, -0.05) is 42.5 Å². The molecule has 0 spiro atoms. The number of nitrogens with zero attached hydrogens (tertiary/aromatic N) is 2. The van der Waals surface area contributed by atoms with E-state index in [0.717, 1.165) is 22.9 Å². The molecule has 0 bridgehead atoms. The number of hydrogen-bond acceptors (Lipinski definition) is 4. The van der Waals surface area contributed by atoms with Crippen molar-refractivity contribution in [2.45, 2.75) is 18.4 Å². The summed E-state index contributed by atoms with van der Waals surface area (Å²) >= 11 is 0. The highest BCUT2D eigenvalue weighted by molar-refractivity contribution is 5.75. The zero-order valence-electron chi connectivity index (χ0n) is 15.4. The lowest BCUT2D eigenvalue weighted by atomic mass is 9.83. The molecule has 29 heavy (non-hydrogen) atoms. The summed E-state index contributed by atoms with van der Waals surface area (Å²) in [7, 11) is 0. The Labute approximate surface area is 165 Å². The standard InChI is InChI=1S/C22H18F3N3O/c23-19-10-16(11-27-12-19)15-2-1-3-18(9-15)22(13-29-21(26)28-22)17-6-4-14(5-7-17)8-20(24)25/h1-7,9-12,20H,8,13H2,(H2,26,28). The fraction of sp³-hybridized carbons (Fsp3) is 0.182. The van der Waals surface area contributed by atoms with Gasteiger partial charge in [-0.25, -0.2) is 18.2 Å². The summed E-state index contributed by atoms with van der Waals surface area (Å²) in [4.78, 5) is 8.44. The monoisotopic (exact) mass is 397 g/mol. The molecule has 1 aromatic heterocycles. The summed E-state index contributed by atoms with van der Waals surface area (Å²) in [5.41, 5.74) is 8.40. The quantitative estimate of drug-likeness (QED) is 0.699. The highest BCUT2D eigenvalue weighted by Gasteiger charge is 2.40. The average Bonchev–Trinajstić information content (AvgIpc) is 3.11.